The monoisotopic (exact) mass is 662 g/mol. The van der Waals surface area contributed by atoms with E-state index in [0.29, 0.717) is 37.4 Å². The summed E-state index contributed by atoms with van der Waals surface area (Å²) in [6, 6.07) is 29.8. The summed E-state index contributed by atoms with van der Waals surface area (Å²) in [5.41, 5.74) is 6.32. The Bertz CT molecular complexity index is 1640. The van der Waals surface area contributed by atoms with Crippen molar-refractivity contribution in [1.82, 2.24) is 10.6 Å². The number of anilines is 2. The topological polar surface area (TPSA) is 75.8 Å². The molecule has 6 atom stereocenters. The Morgan fingerprint density at radius 2 is 1.06 bits per heavy atom. The first-order chi connectivity index (χ1) is 23.2. The molecule has 0 unspecified atom stereocenters. The van der Waals surface area contributed by atoms with Crippen LogP contribution in [0.1, 0.15) is 47.3 Å². The minimum atomic E-state index is -4.67. The van der Waals surface area contributed by atoms with Gasteiger partial charge in [0, 0.05) is 49.6 Å². The maximum atomic E-state index is 12.9. The van der Waals surface area contributed by atoms with Crippen LogP contribution in [0.2, 0.25) is 0 Å². The third-order valence-corrected chi connectivity index (χ3v) is 9.20. The molecule has 4 aromatic carbocycles. The van der Waals surface area contributed by atoms with Gasteiger partial charge in [0.05, 0.1) is 24.4 Å². The maximum Gasteiger partial charge on any atom is 0.573 e. The molecule has 4 aromatic rings. The van der Waals surface area contributed by atoms with Crippen molar-refractivity contribution >= 4 is 11.4 Å². The number of benzene rings is 4. The summed E-state index contributed by atoms with van der Waals surface area (Å²) in [6.07, 6.45) is -1.47. The van der Waals surface area contributed by atoms with Gasteiger partial charge in [-0.3, -0.25) is 0 Å². The van der Waals surface area contributed by atoms with Crippen molar-refractivity contribution in [2.45, 2.75) is 68.8 Å². The van der Waals surface area contributed by atoms with Gasteiger partial charge in [-0.15, -0.1) is 13.2 Å². The molecule has 7 nitrogen and oxygen atoms in total. The lowest BCUT2D eigenvalue weighted by Gasteiger charge is -2.23. The quantitative estimate of drug-likeness (QED) is 0.141. The van der Waals surface area contributed by atoms with Crippen LogP contribution in [0, 0.1) is 5.82 Å². The molecule has 4 aliphatic heterocycles. The van der Waals surface area contributed by atoms with E-state index in [0.717, 1.165) is 54.0 Å². The van der Waals surface area contributed by atoms with Crippen LogP contribution in [0.15, 0.2) is 97.1 Å². The highest BCUT2D eigenvalue weighted by molar-refractivity contribution is 5.47. The van der Waals surface area contributed by atoms with Crippen LogP contribution in [0.25, 0.3) is 0 Å². The summed E-state index contributed by atoms with van der Waals surface area (Å²) >= 11 is 0. The Labute approximate surface area is 277 Å². The Morgan fingerprint density at radius 3 is 1.44 bits per heavy atom. The molecule has 4 N–H and O–H groups in total. The zero-order valence-electron chi connectivity index (χ0n) is 26.2. The molecule has 48 heavy (non-hydrogen) atoms. The van der Waals surface area contributed by atoms with E-state index in [4.69, 9.17) is 9.47 Å². The van der Waals surface area contributed by atoms with Crippen LogP contribution in [-0.4, -0.2) is 43.7 Å². The number of hydrogen-bond acceptors (Lipinski definition) is 7. The van der Waals surface area contributed by atoms with Crippen molar-refractivity contribution in [3.8, 4) is 5.75 Å². The molecule has 4 saturated heterocycles. The van der Waals surface area contributed by atoms with Crippen LogP contribution in [-0.2, 0) is 22.6 Å². The molecule has 0 radical (unpaired) electrons. The molecule has 0 amide bonds. The van der Waals surface area contributed by atoms with Gasteiger partial charge in [-0.25, -0.2) is 4.39 Å². The molecule has 0 aromatic heterocycles. The summed E-state index contributed by atoms with van der Waals surface area (Å²) in [5.74, 6) is -0.419. The lowest BCUT2D eigenvalue weighted by molar-refractivity contribution is -0.274. The van der Waals surface area contributed by atoms with Crippen molar-refractivity contribution < 1.29 is 31.8 Å². The smallest absolute Gasteiger partial charge is 0.406 e. The van der Waals surface area contributed by atoms with E-state index < -0.39 is 6.36 Å². The predicted octanol–water partition coefficient (Wildman–Crippen LogP) is 7.24. The Kier molecular flexibility index (Phi) is 9.54. The van der Waals surface area contributed by atoms with E-state index in [1.807, 2.05) is 12.1 Å². The first kappa shape index (κ1) is 32.4. The largest absolute Gasteiger partial charge is 0.573 e. The molecule has 4 aliphatic rings. The third-order valence-electron chi connectivity index (χ3n) is 9.20. The number of fused-ring (bicyclic) bond motifs is 4. The van der Waals surface area contributed by atoms with Gasteiger partial charge in [0.1, 0.15) is 11.6 Å². The molecule has 4 bridgehead atoms. The lowest BCUT2D eigenvalue weighted by atomic mass is 10.0. The van der Waals surface area contributed by atoms with Gasteiger partial charge in [-0.1, -0.05) is 48.5 Å². The second kappa shape index (κ2) is 14.1. The van der Waals surface area contributed by atoms with Gasteiger partial charge >= 0.3 is 6.36 Å². The van der Waals surface area contributed by atoms with Gasteiger partial charge in [0.15, 0.2) is 0 Å². The van der Waals surface area contributed by atoms with Gasteiger partial charge in [-0.2, -0.15) is 0 Å². The normalized spacial score (nSPS) is 25.4. The average Bonchev–Trinajstić information content (AvgIpc) is 3.92. The number of rotatable bonds is 9. The van der Waals surface area contributed by atoms with E-state index >= 15 is 0 Å². The van der Waals surface area contributed by atoms with Crippen LogP contribution < -0.4 is 26.0 Å². The molecule has 0 aliphatic carbocycles. The minimum Gasteiger partial charge on any atom is -0.406 e. The summed E-state index contributed by atoms with van der Waals surface area (Å²) in [4.78, 5) is 0. The highest BCUT2D eigenvalue weighted by Crippen LogP contribution is 2.38. The second-order valence-corrected chi connectivity index (χ2v) is 12.6. The molecular formula is C37H38F4N4O3. The zero-order valence-corrected chi connectivity index (χ0v) is 26.2. The predicted molar refractivity (Wildman–Crippen MR) is 175 cm³/mol. The Balaban J connectivity index is 0.000000154. The summed E-state index contributed by atoms with van der Waals surface area (Å²) in [6.45, 7) is 3.12. The fourth-order valence-corrected chi connectivity index (χ4v) is 6.76. The van der Waals surface area contributed by atoms with Crippen LogP contribution >= 0.6 is 0 Å². The minimum absolute atomic E-state index is 0.115. The number of ether oxygens (including phenoxy) is 3. The Hall–Kier alpha value is -4.16. The number of nitrogens with one attached hydrogen (secondary N) is 4. The van der Waals surface area contributed by atoms with E-state index in [2.05, 4.69) is 62.4 Å². The van der Waals surface area contributed by atoms with Gasteiger partial charge < -0.3 is 35.5 Å². The number of morpholine rings is 2. The fourth-order valence-electron chi connectivity index (χ4n) is 6.76. The first-order valence-electron chi connectivity index (χ1n) is 16.3. The van der Waals surface area contributed by atoms with Crippen LogP contribution in [0.3, 0.4) is 0 Å². The zero-order chi connectivity index (χ0) is 33.1. The number of halogens is 4. The van der Waals surface area contributed by atoms with Crippen molar-refractivity contribution in [1.29, 1.82) is 0 Å². The fraction of sp³-hybridized carbons (Fsp3) is 0.351. The van der Waals surface area contributed by atoms with E-state index in [1.165, 1.54) is 29.8 Å². The summed E-state index contributed by atoms with van der Waals surface area (Å²) < 4.78 is 65.2. The highest BCUT2D eigenvalue weighted by Gasteiger charge is 2.42. The van der Waals surface area contributed by atoms with Crippen molar-refractivity contribution in [3.05, 3.63) is 125 Å². The van der Waals surface area contributed by atoms with Gasteiger partial charge in [0.25, 0.3) is 0 Å². The lowest BCUT2D eigenvalue weighted by Crippen LogP contribution is -2.33. The maximum absolute atomic E-state index is 12.9. The molecular weight excluding hydrogens is 624 g/mol. The third kappa shape index (κ3) is 8.10. The molecule has 0 saturated carbocycles. The SMILES string of the molecule is FC(F)(F)Oc1ccc(CNc2ccc([C@H]3O[C@@H]4CN[C@H]3C4)cc2)cc1.Fc1ccc(CNc2ccc([C@H]3O[C@@H]4CN[C@H]3C4)cc2)cc1. The first-order valence-corrected chi connectivity index (χ1v) is 16.3. The second-order valence-electron chi connectivity index (χ2n) is 12.6. The van der Waals surface area contributed by atoms with Crippen LogP contribution in [0.5, 0.6) is 5.75 Å². The summed E-state index contributed by atoms with van der Waals surface area (Å²) in [5, 5.41) is 13.6. The molecule has 11 heteroatoms. The molecule has 8 rings (SSSR count). The average molecular weight is 663 g/mol. The van der Waals surface area contributed by atoms with Crippen LogP contribution in [0.4, 0.5) is 28.9 Å². The highest BCUT2D eigenvalue weighted by atomic mass is 19.4. The number of hydrogen-bond donors (Lipinski definition) is 4. The molecule has 0 spiro atoms. The Morgan fingerprint density at radius 1 is 0.625 bits per heavy atom. The standard InChI is InChI=1S/C19H19F3N2O2.C18H19FN2O/c20-19(21,22)26-15-7-1-12(2-8-15)10-23-14-5-3-13(4-6-14)18-17-9-16(25-18)11-24-17;19-14-5-1-12(2-6-14)10-20-15-7-3-13(4-8-15)18-17-9-16(22-18)11-21-17/h1-8,16-18,23-24H,9-11H2;1-8,16-18,20-21H,9-11H2/t2*16-,17-,18+/m00/s1. The molecule has 252 valence electrons. The van der Waals surface area contributed by atoms with E-state index in [9.17, 15) is 17.6 Å². The van der Waals surface area contributed by atoms with E-state index in [-0.39, 0.29) is 23.8 Å². The van der Waals surface area contributed by atoms with Gasteiger partial charge in [-0.05, 0) is 83.6 Å². The molecule has 4 heterocycles. The van der Waals surface area contributed by atoms with Crippen molar-refractivity contribution in [3.63, 3.8) is 0 Å². The van der Waals surface area contributed by atoms with Crippen molar-refractivity contribution in [2.24, 2.45) is 0 Å². The van der Waals surface area contributed by atoms with Crippen molar-refractivity contribution in [2.75, 3.05) is 23.7 Å². The number of alkyl halides is 3. The summed E-state index contributed by atoms with van der Waals surface area (Å²) in [7, 11) is 0. The molecule has 4 fully saturated rings. The van der Waals surface area contributed by atoms with E-state index in [1.54, 1.807) is 24.3 Å². The van der Waals surface area contributed by atoms with Gasteiger partial charge in [0.2, 0.25) is 0 Å².